The minimum atomic E-state index is 0.448. The molecule has 2 aromatic rings. The number of fused-ring (bicyclic) bond motifs is 2. The first-order valence-electron chi connectivity index (χ1n) is 7.49. The largest absolute Gasteiger partial charge is 0.367 e. The molecule has 2 aliphatic heterocycles. The zero-order valence-electron chi connectivity index (χ0n) is 12.0. The Bertz CT molecular complexity index is 672. The topological polar surface area (TPSA) is 41.1 Å². The molecule has 0 amide bonds. The summed E-state index contributed by atoms with van der Waals surface area (Å²) in [6.45, 7) is 2.29. The molecule has 0 saturated carbocycles. The van der Waals surface area contributed by atoms with Crippen molar-refractivity contribution in [2.75, 3.05) is 5.32 Å². The van der Waals surface area contributed by atoms with E-state index in [1.165, 1.54) is 6.32 Å². The van der Waals surface area contributed by atoms with Gasteiger partial charge in [0.25, 0.3) is 0 Å². The summed E-state index contributed by atoms with van der Waals surface area (Å²) in [6.07, 6.45) is 5.28. The quantitative estimate of drug-likeness (QED) is 0.684. The number of nitrogens with one attached hydrogen (secondary N) is 1. The molecule has 4 heterocycles. The molecule has 21 heavy (non-hydrogen) atoms. The van der Waals surface area contributed by atoms with Crippen molar-refractivity contribution >= 4 is 35.7 Å². The number of anilines is 1. The zero-order chi connectivity index (χ0) is 14.4. The fourth-order valence-corrected chi connectivity index (χ4v) is 3.75. The van der Waals surface area contributed by atoms with Crippen LogP contribution in [0.25, 0.3) is 10.9 Å². The second-order valence-electron chi connectivity index (χ2n) is 6.04. The predicted octanol–water partition coefficient (Wildman–Crippen LogP) is 2.97. The lowest BCUT2D eigenvalue weighted by molar-refractivity contribution is 0.159. The number of halogens is 1. The molecule has 4 rings (SSSR count). The molecule has 0 aromatic carbocycles. The molecule has 1 radical (unpaired) electrons. The number of pyridine rings is 2. The molecule has 2 fully saturated rings. The van der Waals surface area contributed by atoms with E-state index in [9.17, 15) is 0 Å². The van der Waals surface area contributed by atoms with Crippen molar-refractivity contribution in [2.24, 2.45) is 0 Å². The number of hydrogen-bond donors (Lipinski definition) is 1. The monoisotopic (exact) mass is 299 g/mol. The van der Waals surface area contributed by atoms with E-state index in [0.717, 1.165) is 29.6 Å². The molecule has 6 heteroatoms. The molecule has 3 atom stereocenters. The van der Waals surface area contributed by atoms with Crippen LogP contribution in [0.3, 0.4) is 0 Å². The van der Waals surface area contributed by atoms with Gasteiger partial charge in [0, 0.05) is 23.7 Å². The minimum absolute atomic E-state index is 0.448. The van der Waals surface area contributed by atoms with E-state index in [-0.39, 0.29) is 0 Å². The Balaban J connectivity index is 1.62. The Hall–Kier alpha value is -1.33. The Morgan fingerprint density at radius 3 is 3.10 bits per heavy atom. The van der Waals surface area contributed by atoms with Crippen LogP contribution in [-0.4, -0.2) is 40.3 Å². The fourth-order valence-electron chi connectivity index (χ4n) is 3.56. The van der Waals surface area contributed by atoms with E-state index in [1.54, 1.807) is 6.20 Å². The van der Waals surface area contributed by atoms with Gasteiger partial charge in [-0.2, -0.15) is 0 Å². The first kappa shape index (κ1) is 13.3. The maximum atomic E-state index is 6.13. The minimum Gasteiger partial charge on any atom is -0.367 e. The van der Waals surface area contributed by atoms with E-state index in [2.05, 4.69) is 34.4 Å². The number of hydrogen-bond acceptors (Lipinski definition) is 4. The second kappa shape index (κ2) is 5.14. The summed E-state index contributed by atoms with van der Waals surface area (Å²) in [5.74, 6) is 0.861. The summed E-state index contributed by atoms with van der Waals surface area (Å²) in [5.41, 5.74) is 0.891. The average molecular weight is 300 g/mol. The van der Waals surface area contributed by atoms with Crippen molar-refractivity contribution in [3.05, 3.63) is 29.5 Å². The Labute approximate surface area is 130 Å². The van der Waals surface area contributed by atoms with Gasteiger partial charge < -0.3 is 10.1 Å². The van der Waals surface area contributed by atoms with Crippen LogP contribution in [0.5, 0.6) is 0 Å². The molecule has 1 N–H and O–H groups in total. The molecule has 0 aliphatic carbocycles. The Morgan fingerprint density at radius 1 is 1.43 bits per heavy atom. The van der Waals surface area contributed by atoms with E-state index in [0.29, 0.717) is 23.3 Å². The van der Waals surface area contributed by atoms with Crippen LogP contribution in [0.4, 0.5) is 5.82 Å². The van der Waals surface area contributed by atoms with Crippen LogP contribution in [0, 0.1) is 0 Å². The smallest absolute Gasteiger partial charge is 0.210 e. The van der Waals surface area contributed by atoms with Gasteiger partial charge >= 0.3 is 0 Å². The molecule has 4 nitrogen and oxygen atoms in total. The van der Waals surface area contributed by atoms with Gasteiger partial charge in [-0.05, 0) is 43.4 Å². The van der Waals surface area contributed by atoms with Crippen molar-refractivity contribution in [2.45, 2.75) is 44.2 Å². The summed E-state index contributed by atoms with van der Waals surface area (Å²) in [4.78, 5) is 11.3. The molecular formula is C15H17BClN4. The third kappa shape index (κ3) is 2.38. The van der Waals surface area contributed by atoms with Crippen LogP contribution < -0.4 is 5.32 Å². The molecule has 2 saturated heterocycles. The highest BCUT2D eigenvalue weighted by Gasteiger charge is 2.39. The number of aromatic nitrogens is 2. The number of rotatable bonds is 2. The van der Waals surface area contributed by atoms with E-state index in [4.69, 9.17) is 11.6 Å². The maximum absolute atomic E-state index is 6.13. The van der Waals surface area contributed by atoms with Crippen molar-refractivity contribution in [3.63, 3.8) is 0 Å². The van der Waals surface area contributed by atoms with Crippen LogP contribution in [0.2, 0.25) is 11.5 Å². The first-order valence-corrected chi connectivity index (χ1v) is 7.87. The summed E-state index contributed by atoms with van der Waals surface area (Å²) in [7, 11) is 2.32. The highest BCUT2D eigenvalue weighted by atomic mass is 35.5. The van der Waals surface area contributed by atoms with Crippen LogP contribution in [-0.2, 0) is 0 Å². The van der Waals surface area contributed by atoms with E-state index in [1.807, 2.05) is 18.2 Å². The van der Waals surface area contributed by atoms with Crippen LogP contribution in [0.15, 0.2) is 24.4 Å². The van der Waals surface area contributed by atoms with Crippen molar-refractivity contribution in [3.8, 4) is 0 Å². The van der Waals surface area contributed by atoms with Crippen LogP contribution >= 0.6 is 11.6 Å². The van der Waals surface area contributed by atoms with Crippen molar-refractivity contribution in [1.29, 1.82) is 0 Å². The Kier molecular flexibility index (Phi) is 3.27. The molecule has 0 unspecified atom stereocenters. The standard InChI is InChI=1S/C15H17BClN4/c1-9-5-10(6-11-8-16-21(9)11)19-15-12-3-2-4-18-13(12)7-14(17)20-15/h2-4,7,9-11H,5-6,8H2,1H3,(H,19,20)/t9-,10-,11-/m1/s1. The first-order chi connectivity index (χ1) is 10.2. The third-order valence-electron chi connectivity index (χ3n) is 4.61. The molecule has 0 bridgehead atoms. The zero-order valence-corrected chi connectivity index (χ0v) is 12.7. The van der Waals surface area contributed by atoms with Gasteiger partial charge in [-0.15, -0.1) is 0 Å². The maximum Gasteiger partial charge on any atom is 0.210 e. The van der Waals surface area contributed by atoms with E-state index >= 15 is 0 Å². The summed E-state index contributed by atoms with van der Waals surface area (Å²) < 4.78 is 0. The predicted molar refractivity (Wildman–Crippen MR) is 86.8 cm³/mol. The fraction of sp³-hybridized carbons (Fsp3) is 0.467. The van der Waals surface area contributed by atoms with E-state index < -0.39 is 0 Å². The summed E-state index contributed by atoms with van der Waals surface area (Å²) in [6, 6.07) is 7.53. The van der Waals surface area contributed by atoms with Crippen LogP contribution in [0.1, 0.15) is 19.8 Å². The molecule has 2 aromatic heterocycles. The van der Waals surface area contributed by atoms with Gasteiger partial charge in [-0.25, -0.2) is 4.98 Å². The Morgan fingerprint density at radius 2 is 2.33 bits per heavy atom. The highest BCUT2D eigenvalue weighted by molar-refractivity contribution is 6.36. The number of nitrogens with zero attached hydrogens (tertiary/aromatic N) is 3. The molecular weight excluding hydrogens is 282 g/mol. The molecule has 107 valence electrons. The average Bonchev–Trinajstić information content (AvgIpc) is 2.41. The van der Waals surface area contributed by atoms with Crippen molar-refractivity contribution < 1.29 is 0 Å². The summed E-state index contributed by atoms with van der Waals surface area (Å²) in [5, 5.41) is 5.13. The lowest BCUT2D eigenvalue weighted by Gasteiger charge is -2.51. The van der Waals surface area contributed by atoms with Gasteiger partial charge in [-0.1, -0.05) is 18.5 Å². The van der Waals surface area contributed by atoms with Gasteiger partial charge in [0.15, 0.2) is 0 Å². The van der Waals surface area contributed by atoms with Crippen molar-refractivity contribution in [1.82, 2.24) is 14.8 Å². The second-order valence-corrected chi connectivity index (χ2v) is 6.43. The summed E-state index contributed by atoms with van der Waals surface area (Å²) >= 11 is 6.13. The third-order valence-corrected chi connectivity index (χ3v) is 4.80. The SMILES string of the molecule is C[C@@H]1C[C@@H](Nc2nc(Cl)cc3ncccc23)C[C@@H]2C[B]N21. The van der Waals surface area contributed by atoms with Gasteiger partial charge in [0.1, 0.15) is 11.0 Å². The highest BCUT2D eigenvalue weighted by Crippen LogP contribution is 2.33. The van der Waals surface area contributed by atoms with Gasteiger partial charge in [-0.3, -0.25) is 4.98 Å². The van der Waals surface area contributed by atoms with Gasteiger partial charge in [0.05, 0.1) is 5.52 Å². The lowest BCUT2D eigenvalue weighted by atomic mass is 9.63. The normalized spacial score (nSPS) is 28.6. The number of piperidine rings is 1. The van der Waals surface area contributed by atoms with Gasteiger partial charge in [0.2, 0.25) is 7.41 Å². The lowest BCUT2D eigenvalue weighted by Crippen LogP contribution is -2.60. The molecule has 2 aliphatic rings. The molecule has 0 spiro atoms.